The fraction of sp³-hybridized carbons (Fsp3) is 0.696. The molecular weight excluding hydrogens is 475 g/mol. The number of ether oxygens (including phenoxy) is 1. The number of hydrogen-bond donors (Lipinski definition) is 1. The van der Waals surface area contributed by atoms with Crippen LogP contribution in [-0.2, 0) is 0 Å². The summed E-state index contributed by atoms with van der Waals surface area (Å²) in [6.07, 6.45) is 10.5. The van der Waals surface area contributed by atoms with Crippen LogP contribution in [0.3, 0.4) is 0 Å². The minimum Gasteiger partial charge on any atom is -0.490 e. The highest BCUT2D eigenvalue weighted by Crippen LogP contribution is 2.18. The second-order valence-corrected chi connectivity index (χ2v) is 8.05. The Morgan fingerprint density at radius 2 is 1.72 bits per heavy atom. The van der Waals surface area contributed by atoms with E-state index >= 15 is 0 Å². The zero-order chi connectivity index (χ0) is 19.4. The van der Waals surface area contributed by atoms with Crippen molar-refractivity contribution in [1.82, 2.24) is 15.1 Å². The average Bonchev–Trinajstić information content (AvgIpc) is 2.75. The van der Waals surface area contributed by atoms with Gasteiger partial charge in [0.1, 0.15) is 11.9 Å². The van der Waals surface area contributed by atoms with Gasteiger partial charge in [-0.15, -0.1) is 24.0 Å². The van der Waals surface area contributed by atoms with Gasteiger partial charge in [-0.25, -0.2) is 0 Å². The van der Waals surface area contributed by atoms with E-state index in [2.05, 4.69) is 20.1 Å². The number of aliphatic imine (C=N–C) groups is 1. The summed E-state index contributed by atoms with van der Waals surface area (Å²) in [7, 11) is 1.89. The molecule has 2 heterocycles. The third-order valence-electron chi connectivity index (χ3n) is 5.88. The van der Waals surface area contributed by atoms with Crippen LogP contribution in [0.5, 0.6) is 5.75 Å². The Labute approximate surface area is 194 Å². The lowest BCUT2D eigenvalue weighted by atomic mass is 10.1. The Kier molecular flexibility index (Phi) is 11.8. The van der Waals surface area contributed by atoms with Gasteiger partial charge in [-0.05, 0) is 57.5 Å². The number of rotatable bonds is 8. The van der Waals surface area contributed by atoms with E-state index < -0.39 is 0 Å². The van der Waals surface area contributed by atoms with Crippen molar-refractivity contribution in [3.63, 3.8) is 0 Å². The van der Waals surface area contributed by atoms with Crippen molar-refractivity contribution >= 4 is 29.9 Å². The predicted molar refractivity (Wildman–Crippen MR) is 133 cm³/mol. The number of likely N-dealkylation sites (tertiary alicyclic amines) is 2. The third kappa shape index (κ3) is 8.70. The number of hydrogen-bond acceptors (Lipinski definition) is 3. The first-order valence-electron chi connectivity index (χ1n) is 11.2. The molecule has 0 bridgehead atoms. The molecule has 2 saturated heterocycles. The molecule has 0 aliphatic carbocycles. The fourth-order valence-electron chi connectivity index (χ4n) is 4.23. The highest BCUT2D eigenvalue weighted by Gasteiger charge is 2.22. The molecule has 1 aromatic carbocycles. The number of halogens is 1. The van der Waals surface area contributed by atoms with E-state index in [0.717, 1.165) is 44.2 Å². The van der Waals surface area contributed by atoms with Crippen LogP contribution in [0.1, 0.15) is 51.4 Å². The van der Waals surface area contributed by atoms with Crippen molar-refractivity contribution < 1.29 is 4.74 Å². The molecule has 0 aromatic heterocycles. The summed E-state index contributed by atoms with van der Waals surface area (Å²) in [5.41, 5.74) is 0. The van der Waals surface area contributed by atoms with Gasteiger partial charge in [0.2, 0.25) is 0 Å². The molecule has 2 aliphatic heterocycles. The van der Waals surface area contributed by atoms with Crippen LogP contribution in [0.4, 0.5) is 0 Å². The molecule has 2 fully saturated rings. The van der Waals surface area contributed by atoms with Crippen LogP contribution in [0.25, 0.3) is 0 Å². The van der Waals surface area contributed by atoms with Gasteiger partial charge in [0.15, 0.2) is 5.96 Å². The Morgan fingerprint density at radius 3 is 2.41 bits per heavy atom. The zero-order valence-corrected chi connectivity index (χ0v) is 20.4. The van der Waals surface area contributed by atoms with Crippen molar-refractivity contribution in [3.05, 3.63) is 30.3 Å². The summed E-state index contributed by atoms with van der Waals surface area (Å²) in [6, 6.07) is 10.2. The standard InChI is InChI=1S/C23H38N4O.HI/c1-24-23(25-15-7-3-8-16-26-17-9-4-10-18-26)27-19-13-22(14-20-27)28-21-11-5-2-6-12-21;/h2,5-6,11-12,22H,3-4,7-10,13-20H2,1H3,(H,24,25);1H. The second-order valence-electron chi connectivity index (χ2n) is 8.05. The van der Waals surface area contributed by atoms with Gasteiger partial charge in [0, 0.05) is 39.5 Å². The first-order valence-corrected chi connectivity index (χ1v) is 11.2. The number of nitrogens with one attached hydrogen (secondary N) is 1. The number of guanidine groups is 1. The van der Waals surface area contributed by atoms with Gasteiger partial charge in [-0.3, -0.25) is 4.99 Å². The Balaban J connectivity index is 0.00000300. The van der Waals surface area contributed by atoms with E-state index in [1.165, 1.54) is 58.2 Å². The van der Waals surface area contributed by atoms with Crippen LogP contribution in [0.15, 0.2) is 35.3 Å². The molecule has 0 radical (unpaired) electrons. The van der Waals surface area contributed by atoms with E-state index in [9.17, 15) is 0 Å². The number of para-hydroxylation sites is 1. The van der Waals surface area contributed by atoms with E-state index in [1.807, 2.05) is 37.4 Å². The number of benzene rings is 1. The van der Waals surface area contributed by atoms with Crippen molar-refractivity contribution in [3.8, 4) is 5.75 Å². The summed E-state index contributed by atoms with van der Waals surface area (Å²) >= 11 is 0. The molecular formula is C23H39IN4O. The molecule has 0 unspecified atom stereocenters. The summed E-state index contributed by atoms with van der Waals surface area (Å²) in [5.74, 6) is 2.03. The predicted octanol–water partition coefficient (Wildman–Crippen LogP) is 4.38. The van der Waals surface area contributed by atoms with Crippen molar-refractivity contribution in [2.24, 2.45) is 4.99 Å². The minimum absolute atomic E-state index is 0. The van der Waals surface area contributed by atoms with Gasteiger partial charge in [-0.2, -0.15) is 0 Å². The molecule has 0 amide bonds. The molecule has 3 rings (SSSR count). The summed E-state index contributed by atoms with van der Waals surface area (Å²) in [4.78, 5) is 9.50. The van der Waals surface area contributed by atoms with E-state index in [0.29, 0.717) is 6.10 Å². The van der Waals surface area contributed by atoms with Gasteiger partial charge in [0.05, 0.1) is 0 Å². The number of piperidine rings is 2. The maximum absolute atomic E-state index is 6.10. The first-order chi connectivity index (χ1) is 13.8. The third-order valence-corrected chi connectivity index (χ3v) is 5.88. The van der Waals surface area contributed by atoms with Crippen molar-refractivity contribution in [2.45, 2.75) is 57.5 Å². The van der Waals surface area contributed by atoms with E-state index in [1.54, 1.807) is 0 Å². The molecule has 164 valence electrons. The SMILES string of the molecule is CN=C(NCCCCCN1CCCCC1)N1CCC(Oc2ccccc2)CC1.I. The van der Waals surface area contributed by atoms with E-state index in [4.69, 9.17) is 4.74 Å². The van der Waals surface area contributed by atoms with Crippen LogP contribution in [0, 0.1) is 0 Å². The minimum atomic E-state index is 0. The smallest absolute Gasteiger partial charge is 0.193 e. The monoisotopic (exact) mass is 514 g/mol. The largest absolute Gasteiger partial charge is 0.490 e. The van der Waals surface area contributed by atoms with Crippen LogP contribution in [0.2, 0.25) is 0 Å². The molecule has 2 aliphatic rings. The van der Waals surface area contributed by atoms with Gasteiger partial charge >= 0.3 is 0 Å². The molecule has 1 aromatic rings. The molecule has 0 atom stereocenters. The van der Waals surface area contributed by atoms with Crippen LogP contribution in [-0.4, -0.2) is 68.2 Å². The maximum Gasteiger partial charge on any atom is 0.193 e. The fourth-order valence-corrected chi connectivity index (χ4v) is 4.23. The summed E-state index contributed by atoms with van der Waals surface area (Å²) < 4.78 is 6.10. The van der Waals surface area contributed by atoms with Gasteiger partial charge in [0.25, 0.3) is 0 Å². The van der Waals surface area contributed by atoms with E-state index in [-0.39, 0.29) is 24.0 Å². The number of nitrogens with zero attached hydrogens (tertiary/aromatic N) is 3. The zero-order valence-electron chi connectivity index (χ0n) is 18.0. The molecule has 0 spiro atoms. The quantitative estimate of drug-likeness (QED) is 0.242. The first kappa shape index (κ1) is 24.3. The Bertz CT molecular complexity index is 570. The van der Waals surface area contributed by atoms with Gasteiger partial charge < -0.3 is 19.9 Å². The van der Waals surface area contributed by atoms with Crippen molar-refractivity contribution in [1.29, 1.82) is 0 Å². The maximum atomic E-state index is 6.10. The average molecular weight is 514 g/mol. The molecule has 5 nitrogen and oxygen atoms in total. The van der Waals surface area contributed by atoms with Crippen LogP contribution < -0.4 is 10.1 Å². The highest BCUT2D eigenvalue weighted by molar-refractivity contribution is 14.0. The molecule has 1 N–H and O–H groups in total. The summed E-state index contributed by atoms with van der Waals surface area (Å²) in [5, 5.41) is 3.56. The highest BCUT2D eigenvalue weighted by atomic mass is 127. The van der Waals surface area contributed by atoms with Crippen molar-refractivity contribution in [2.75, 3.05) is 46.3 Å². The Hall–Kier alpha value is -1.02. The molecule has 6 heteroatoms. The second kappa shape index (κ2) is 14.1. The lowest BCUT2D eigenvalue weighted by molar-refractivity contribution is 0.129. The topological polar surface area (TPSA) is 40.1 Å². The van der Waals surface area contributed by atoms with Gasteiger partial charge in [-0.1, -0.05) is 31.0 Å². The normalized spacial score (nSPS) is 18.9. The molecule has 0 saturated carbocycles. The number of unbranched alkanes of at least 4 members (excludes halogenated alkanes) is 2. The Morgan fingerprint density at radius 1 is 1.00 bits per heavy atom. The summed E-state index contributed by atoms with van der Waals surface area (Å²) in [6.45, 7) is 6.94. The molecule has 29 heavy (non-hydrogen) atoms. The lowest BCUT2D eigenvalue weighted by Crippen LogP contribution is -2.47. The lowest BCUT2D eigenvalue weighted by Gasteiger charge is -2.34. The van der Waals surface area contributed by atoms with Crippen LogP contribution >= 0.6 is 24.0 Å².